The van der Waals surface area contributed by atoms with Crippen molar-refractivity contribution in [3.63, 3.8) is 0 Å². The minimum atomic E-state index is -1.27. The molecule has 4 nitrogen and oxygen atoms in total. The summed E-state index contributed by atoms with van der Waals surface area (Å²) in [6, 6.07) is 9.26. The summed E-state index contributed by atoms with van der Waals surface area (Å²) in [5.41, 5.74) is 0.257. The molecule has 0 atom stereocenters. The van der Waals surface area contributed by atoms with E-state index in [2.05, 4.69) is 0 Å². The van der Waals surface area contributed by atoms with Crippen molar-refractivity contribution in [3.8, 4) is 11.1 Å². The number of carboxylic acids is 2. The zero-order valence-electron chi connectivity index (χ0n) is 9.63. The highest BCUT2D eigenvalue weighted by molar-refractivity contribution is 5.97. The lowest BCUT2D eigenvalue weighted by atomic mass is 9.98. The van der Waals surface area contributed by atoms with Gasteiger partial charge in [0, 0.05) is 0 Å². The average Bonchev–Trinajstić information content (AvgIpc) is 2.37. The van der Waals surface area contributed by atoms with Crippen molar-refractivity contribution < 1.29 is 24.2 Å². The zero-order valence-corrected chi connectivity index (χ0v) is 9.63. The monoisotopic (exact) mass is 260 g/mol. The Morgan fingerprint density at radius 3 is 2.26 bits per heavy atom. The number of carboxylic acid groups (broad SMARTS) is 2. The third-order valence-electron chi connectivity index (χ3n) is 2.61. The van der Waals surface area contributed by atoms with E-state index in [1.54, 1.807) is 12.1 Å². The van der Waals surface area contributed by atoms with Crippen molar-refractivity contribution in [1.29, 1.82) is 0 Å². The van der Waals surface area contributed by atoms with Crippen LogP contribution in [-0.2, 0) is 0 Å². The van der Waals surface area contributed by atoms with Crippen molar-refractivity contribution in [1.82, 2.24) is 0 Å². The highest BCUT2D eigenvalue weighted by atomic mass is 19.1. The van der Waals surface area contributed by atoms with Gasteiger partial charge in [0.15, 0.2) is 0 Å². The van der Waals surface area contributed by atoms with Gasteiger partial charge in [-0.2, -0.15) is 0 Å². The second-order valence-corrected chi connectivity index (χ2v) is 3.88. The normalized spacial score (nSPS) is 10.2. The van der Waals surface area contributed by atoms with Crippen LogP contribution >= 0.6 is 0 Å². The maximum atomic E-state index is 13.4. The summed E-state index contributed by atoms with van der Waals surface area (Å²) in [7, 11) is 0. The van der Waals surface area contributed by atoms with Gasteiger partial charge in [0.2, 0.25) is 0 Å². The Morgan fingerprint density at radius 1 is 0.947 bits per heavy atom. The predicted molar refractivity (Wildman–Crippen MR) is 65.8 cm³/mol. The van der Waals surface area contributed by atoms with Crippen molar-refractivity contribution in [2.75, 3.05) is 0 Å². The zero-order chi connectivity index (χ0) is 14.0. The fourth-order valence-corrected chi connectivity index (χ4v) is 1.79. The molecule has 19 heavy (non-hydrogen) atoms. The largest absolute Gasteiger partial charge is 0.478 e. The molecule has 2 aromatic carbocycles. The molecule has 0 aliphatic heterocycles. The van der Waals surface area contributed by atoms with Crippen LogP contribution in [0.5, 0.6) is 0 Å². The smallest absolute Gasteiger partial charge is 0.336 e. The summed E-state index contributed by atoms with van der Waals surface area (Å²) in [4.78, 5) is 22.0. The molecule has 5 heteroatoms. The molecule has 0 spiro atoms. The van der Waals surface area contributed by atoms with E-state index in [0.717, 1.165) is 12.1 Å². The molecular formula is C14H9FO4. The summed E-state index contributed by atoms with van der Waals surface area (Å²) in [6.07, 6.45) is 0. The Hall–Kier alpha value is -2.69. The van der Waals surface area contributed by atoms with Gasteiger partial charge in [-0.15, -0.1) is 0 Å². The fraction of sp³-hybridized carbons (Fsp3) is 0. The lowest BCUT2D eigenvalue weighted by Gasteiger charge is -2.07. The first kappa shape index (κ1) is 12.8. The van der Waals surface area contributed by atoms with Crippen LogP contribution in [0.2, 0.25) is 0 Å². The van der Waals surface area contributed by atoms with Crippen molar-refractivity contribution >= 4 is 11.9 Å². The second kappa shape index (κ2) is 4.89. The third-order valence-corrected chi connectivity index (χ3v) is 2.61. The molecule has 0 heterocycles. The van der Waals surface area contributed by atoms with Gasteiger partial charge in [-0.05, 0) is 35.4 Å². The first-order chi connectivity index (χ1) is 8.99. The van der Waals surface area contributed by atoms with Crippen molar-refractivity contribution in [2.24, 2.45) is 0 Å². The molecule has 0 amide bonds. The summed E-state index contributed by atoms with van der Waals surface area (Å²) in [6.45, 7) is 0. The van der Waals surface area contributed by atoms with Crippen molar-refractivity contribution in [3.05, 3.63) is 59.4 Å². The average molecular weight is 260 g/mol. The van der Waals surface area contributed by atoms with Gasteiger partial charge >= 0.3 is 11.9 Å². The van der Waals surface area contributed by atoms with Gasteiger partial charge in [-0.1, -0.05) is 18.2 Å². The molecule has 0 saturated heterocycles. The van der Waals surface area contributed by atoms with Gasteiger partial charge in [-0.3, -0.25) is 0 Å². The Balaban J connectivity index is 2.65. The maximum absolute atomic E-state index is 13.4. The minimum absolute atomic E-state index is 0.00978. The SMILES string of the molecule is O=C(O)c1cc(F)cc(-c2ccccc2C(=O)O)c1. The Morgan fingerprint density at radius 2 is 1.63 bits per heavy atom. The van der Waals surface area contributed by atoms with Crippen LogP contribution in [-0.4, -0.2) is 22.2 Å². The van der Waals surface area contributed by atoms with E-state index in [0.29, 0.717) is 0 Å². The number of halogens is 1. The molecule has 2 N–H and O–H groups in total. The van der Waals surface area contributed by atoms with Gasteiger partial charge in [0.1, 0.15) is 5.82 Å². The lowest BCUT2D eigenvalue weighted by molar-refractivity contribution is 0.0687. The molecule has 0 radical (unpaired) electrons. The highest BCUT2D eigenvalue weighted by Crippen LogP contribution is 2.25. The standard InChI is InChI=1S/C14H9FO4/c15-10-6-8(5-9(7-10)13(16)17)11-3-1-2-4-12(11)14(18)19/h1-7H,(H,16,17)(H,18,19). The van der Waals surface area contributed by atoms with Crippen LogP contribution in [0.1, 0.15) is 20.7 Å². The predicted octanol–water partition coefficient (Wildman–Crippen LogP) is 2.89. The quantitative estimate of drug-likeness (QED) is 0.889. The molecule has 0 unspecified atom stereocenters. The van der Waals surface area contributed by atoms with Crippen LogP contribution in [0.25, 0.3) is 11.1 Å². The lowest BCUT2D eigenvalue weighted by Crippen LogP contribution is -2.01. The summed E-state index contributed by atoms with van der Waals surface area (Å²) >= 11 is 0. The van der Waals surface area contributed by atoms with E-state index < -0.39 is 17.8 Å². The number of rotatable bonds is 3. The molecular weight excluding hydrogens is 251 g/mol. The third kappa shape index (κ3) is 2.60. The van der Waals surface area contributed by atoms with Crippen LogP contribution in [0.3, 0.4) is 0 Å². The van der Waals surface area contributed by atoms with Crippen LogP contribution in [0.15, 0.2) is 42.5 Å². The number of benzene rings is 2. The molecule has 2 aromatic rings. The number of carbonyl (C=O) groups is 2. The van der Waals surface area contributed by atoms with E-state index in [-0.39, 0.29) is 22.3 Å². The van der Waals surface area contributed by atoms with E-state index in [9.17, 15) is 14.0 Å². The Kier molecular flexibility index (Phi) is 3.29. The molecule has 0 fully saturated rings. The molecule has 0 aliphatic rings. The number of hydrogen-bond acceptors (Lipinski definition) is 2. The second-order valence-electron chi connectivity index (χ2n) is 3.88. The molecule has 0 aliphatic carbocycles. The molecule has 96 valence electrons. The number of hydrogen-bond donors (Lipinski definition) is 2. The molecule has 0 bridgehead atoms. The Labute approximate surface area is 107 Å². The van der Waals surface area contributed by atoms with Gasteiger partial charge in [-0.25, -0.2) is 14.0 Å². The van der Waals surface area contributed by atoms with Gasteiger partial charge in [0.05, 0.1) is 11.1 Å². The van der Waals surface area contributed by atoms with Crippen molar-refractivity contribution in [2.45, 2.75) is 0 Å². The topological polar surface area (TPSA) is 74.6 Å². The minimum Gasteiger partial charge on any atom is -0.478 e. The highest BCUT2D eigenvalue weighted by Gasteiger charge is 2.14. The summed E-state index contributed by atoms with van der Waals surface area (Å²) in [5.74, 6) is -3.15. The van der Waals surface area contributed by atoms with E-state index in [4.69, 9.17) is 10.2 Å². The van der Waals surface area contributed by atoms with E-state index >= 15 is 0 Å². The first-order valence-corrected chi connectivity index (χ1v) is 5.35. The van der Waals surface area contributed by atoms with Crippen LogP contribution < -0.4 is 0 Å². The van der Waals surface area contributed by atoms with Crippen LogP contribution in [0.4, 0.5) is 4.39 Å². The molecule has 0 aromatic heterocycles. The number of aromatic carboxylic acids is 2. The van der Waals surface area contributed by atoms with Gasteiger partial charge in [0.25, 0.3) is 0 Å². The van der Waals surface area contributed by atoms with E-state index in [1.165, 1.54) is 18.2 Å². The molecule has 0 saturated carbocycles. The Bertz CT molecular complexity index is 664. The first-order valence-electron chi connectivity index (χ1n) is 5.35. The van der Waals surface area contributed by atoms with Crippen LogP contribution in [0, 0.1) is 5.82 Å². The summed E-state index contributed by atoms with van der Waals surface area (Å²) < 4.78 is 13.4. The fourth-order valence-electron chi connectivity index (χ4n) is 1.79. The van der Waals surface area contributed by atoms with E-state index in [1.807, 2.05) is 0 Å². The van der Waals surface area contributed by atoms with Gasteiger partial charge < -0.3 is 10.2 Å². The summed E-state index contributed by atoms with van der Waals surface area (Å²) in [5, 5.41) is 17.9. The molecule has 2 rings (SSSR count). The maximum Gasteiger partial charge on any atom is 0.336 e.